The smallest absolute Gasteiger partial charge is 0.0313 e. The average Bonchev–Trinajstić information content (AvgIpc) is 2.18. The zero-order chi connectivity index (χ0) is 9.19. The molecule has 0 atom stereocenters. The minimum atomic E-state index is 1.17. The molecule has 1 aliphatic carbocycles. The van der Waals surface area contributed by atoms with Gasteiger partial charge in [-0.05, 0) is 44.9 Å². The predicted octanol–water partition coefficient (Wildman–Crippen LogP) is 4.21. The van der Waals surface area contributed by atoms with Gasteiger partial charge in [0.05, 0.1) is 0 Å². The maximum absolute atomic E-state index is 2.39. The van der Waals surface area contributed by atoms with Gasteiger partial charge in [-0.15, -0.1) is 0 Å². The van der Waals surface area contributed by atoms with Crippen LogP contribution < -0.4 is 0 Å². The van der Waals surface area contributed by atoms with Gasteiger partial charge in [0.2, 0.25) is 0 Å². The summed E-state index contributed by atoms with van der Waals surface area (Å²) in [5.74, 6) is 0. The maximum atomic E-state index is 2.39. The molecule has 0 saturated carbocycles. The number of rotatable bonds is 0. The van der Waals surface area contributed by atoms with E-state index >= 15 is 0 Å². The molecule has 71 valence electrons. The highest BCUT2D eigenvalue weighted by atomic mass is 13.9. The number of hydrogen-bond acceptors (Lipinski definition) is 0. The lowest BCUT2D eigenvalue weighted by molar-refractivity contribution is 0.854. The Bertz CT molecular complexity index is 184. The second-order valence-electron chi connectivity index (χ2n) is 3.35. The summed E-state index contributed by atoms with van der Waals surface area (Å²) in [6.45, 7) is 0. The third-order valence-corrected chi connectivity index (χ3v) is 2.12. The standard InChI is InChI=1S/C13H19/c1-2-4-6-8-10-12-13-11-9-7-5-3-1/h1-4,9-11H,5-8,12-13H2/b3-1-,4-2+,11-9-. The highest BCUT2D eigenvalue weighted by Crippen LogP contribution is 2.05. The monoisotopic (exact) mass is 175 g/mol. The van der Waals surface area contributed by atoms with Gasteiger partial charge in [-0.3, -0.25) is 0 Å². The van der Waals surface area contributed by atoms with E-state index in [-0.39, 0.29) is 0 Å². The summed E-state index contributed by atoms with van der Waals surface area (Å²) in [6.07, 6.45) is 23.0. The van der Waals surface area contributed by atoms with Crippen LogP contribution in [0.4, 0.5) is 0 Å². The molecule has 0 aliphatic heterocycles. The third kappa shape index (κ3) is 6.39. The lowest BCUT2D eigenvalue weighted by Crippen LogP contribution is -1.75. The molecular formula is C13H19. The van der Waals surface area contributed by atoms with Crippen LogP contribution in [0.15, 0.2) is 36.5 Å². The molecule has 13 heavy (non-hydrogen) atoms. The van der Waals surface area contributed by atoms with Crippen LogP contribution in [0.3, 0.4) is 0 Å². The lowest BCUT2D eigenvalue weighted by Gasteiger charge is -1.93. The SMILES string of the molecule is [CH]1CC/C=C\CC/C=C\C=C\CC1. The average molecular weight is 175 g/mol. The Morgan fingerprint density at radius 3 is 1.62 bits per heavy atom. The zero-order valence-corrected chi connectivity index (χ0v) is 8.28. The number of allylic oxidation sites excluding steroid dienone is 6. The fraction of sp³-hybridized carbons (Fsp3) is 0.462. The largest absolute Gasteiger partial charge is 0.0885 e. The summed E-state index contributed by atoms with van der Waals surface area (Å²) in [4.78, 5) is 0. The summed E-state index contributed by atoms with van der Waals surface area (Å²) in [7, 11) is 0. The first-order chi connectivity index (χ1) is 6.50. The minimum Gasteiger partial charge on any atom is -0.0885 e. The Labute approximate surface area is 82.0 Å². The van der Waals surface area contributed by atoms with E-state index in [1.165, 1.54) is 38.5 Å². The molecule has 0 saturated heterocycles. The molecular weight excluding hydrogens is 156 g/mol. The topological polar surface area (TPSA) is 0 Å². The molecule has 0 aromatic heterocycles. The van der Waals surface area contributed by atoms with Crippen LogP contribution in [0.5, 0.6) is 0 Å². The highest BCUT2D eigenvalue weighted by molar-refractivity contribution is 5.03. The molecule has 0 nitrogen and oxygen atoms in total. The fourth-order valence-electron chi connectivity index (χ4n) is 1.35. The minimum absolute atomic E-state index is 1.17. The van der Waals surface area contributed by atoms with Crippen LogP contribution >= 0.6 is 0 Å². The van der Waals surface area contributed by atoms with E-state index < -0.39 is 0 Å². The first-order valence-corrected chi connectivity index (χ1v) is 5.28. The molecule has 0 aromatic rings. The molecule has 0 bridgehead atoms. The fourth-order valence-corrected chi connectivity index (χ4v) is 1.35. The number of hydrogen-bond donors (Lipinski definition) is 0. The van der Waals surface area contributed by atoms with Gasteiger partial charge in [0.1, 0.15) is 0 Å². The zero-order valence-electron chi connectivity index (χ0n) is 8.28. The molecule has 0 N–H and O–H groups in total. The second kappa shape index (κ2) is 7.85. The van der Waals surface area contributed by atoms with Crippen molar-refractivity contribution >= 4 is 0 Å². The lowest BCUT2D eigenvalue weighted by atomic mass is 10.1. The van der Waals surface area contributed by atoms with Crippen molar-refractivity contribution in [1.29, 1.82) is 0 Å². The van der Waals surface area contributed by atoms with Crippen LogP contribution in [0.1, 0.15) is 38.5 Å². The van der Waals surface area contributed by atoms with Gasteiger partial charge in [-0.1, -0.05) is 36.5 Å². The van der Waals surface area contributed by atoms with Crippen LogP contribution in [0, 0.1) is 6.42 Å². The quantitative estimate of drug-likeness (QED) is 0.484. The van der Waals surface area contributed by atoms with Crippen molar-refractivity contribution < 1.29 is 0 Å². The molecule has 0 fully saturated rings. The Kier molecular flexibility index (Phi) is 6.22. The van der Waals surface area contributed by atoms with Gasteiger partial charge in [-0.25, -0.2) is 0 Å². The molecule has 0 heterocycles. The van der Waals surface area contributed by atoms with Crippen molar-refractivity contribution in [3.8, 4) is 0 Å². The van der Waals surface area contributed by atoms with Gasteiger partial charge in [0.15, 0.2) is 0 Å². The molecule has 1 aliphatic rings. The van der Waals surface area contributed by atoms with Crippen molar-refractivity contribution in [2.75, 3.05) is 0 Å². The predicted molar refractivity (Wildman–Crippen MR) is 59.4 cm³/mol. The van der Waals surface area contributed by atoms with E-state index in [1.54, 1.807) is 0 Å². The van der Waals surface area contributed by atoms with Crippen LogP contribution in [-0.4, -0.2) is 0 Å². The van der Waals surface area contributed by atoms with Crippen molar-refractivity contribution in [3.63, 3.8) is 0 Å². The van der Waals surface area contributed by atoms with E-state index in [9.17, 15) is 0 Å². The van der Waals surface area contributed by atoms with Crippen molar-refractivity contribution in [2.45, 2.75) is 38.5 Å². The maximum Gasteiger partial charge on any atom is -0.0313 e. The Morgan fingerprint density at radius 1 is 0.462 bits per heavy atom. The molecule has 1 rings (SSSR count). The second-order valence-corrected chi connectivity index (χ2v) is 3.35. The molecule has 0 spiro atoms. The highest BCUT2D eigenvalue weighted by Gasteiger charge is 1.86. The van der Waals surface area contributed by atoms with E-state index in [4.69, 9.17) is 0 Å². The van der Waals surface area contributed by atoms with Crippen molar-refractivity contribution in [3.05, 3.63) is 42.9 Å². The van der Waals surface area contributed by atoms with Gasteiger partial charge < -0.3 is 0 Å². The summed E-state index contributed by atoms with van der Waals surface area (Å²) in [5, 5.41) is 0. The molecule has 0 aromatic carbocycles. The van der Waals surface area contributed by atoms with Gasteiger partial charge in [-0.2, -0.15) is 0 Å². The first kappa shape index (κ1) is 10.3. The normalized spacial score (nSPS) is 27.7. The van der Waals surface area contributed by atoms with Crippen LogP contribution in [-0.2, 0) is 0 Å². The molecule has 1 radical (unpaired) electrons. The Morgan fingerprint density at radius 2 is 0.923 bits per heavy atom. The van der Waals surface area contributed by atoms with E-state index in [0.29, 0.717) is 0 Å². The van der Waals surface area contributed by atoms with E-state index in [0.717, 1.165) is 0 Å². The Hall–Kier alpha value is -0.780. The summed E-state index contributed by atoms with van der Waals surface area (Å²) in [5.41, 5.74) is 0. The van der Waals surface area contributed by atoms with E-state index in [2.05, 4.69) is 42.9 Å². The summed E-state index contributed by atoms with van der Waals surface area (Å²) in [6, 6.07) is 0. The van der Waals surface area contributed by atoms with Crippen LogP contribution in [0.2, 0.25) is 0 Å². The van der Waals surface area contributed by atoms with Crippen molar-refractivity contribution in [2.24, 2.45) is 0 Å². The first-order valence-electron chi connectivity index (χ1n) is 5.28. The summed E-state index contributed by atoms with van der Waals surface area (Å²) < 4.78 is 0. The third-order valence-electron chi connectivity index (χ3n) is 2.12. The van der Waals surface area contributed by atoms with Crippen LogP contribution in [0.25, 0.3) is 0 Å². The Balaban J connectivity index is 2.28. The van der Waals surface area contributed by atoms with Gasteiger partial charge in [0, 0.05) is 0 Å². The molecule has 0 unspecified atom stereocenters. The molecule has 0 amide bonds. The summed E-state index contributed by atoms with van der Waals surface area (Å²) >= 11 is 0. The van der Waals surface area contributed by atoms with Gasteiger partial charge in [0.25, 0.3) is 0 Å². The van der Waals surface area contributed by atoms with Gasteiger partial charge >= 0.3 is 0 Å². The molecule has 0 heteroatoms. The van der Waals surface area contributed by atoms with E-state index in [1.807, 2.05) is 0 Å². The van der Waals surface area contributed by atoms with Crippen molar-refractivity contribution in [1.82, 2.24) is 0 Å².